The number of amides is 1. The predicted octanol–water partition coefficient (Wildman–Crippen LogP) is 2.61. The molecular weight excluding hydrogens is 258 g/mol. The number of halogens is 1. The molecule has 0 saturated heterocycles. The van der Waals surface area contributed by atoms with Crippen LogP contribution in [0.4, 0.5) is 0 Å². The van der Waals surface area contributed by atoms with E-state index in [9.17, 15) is 9.90 Å². The van der Waals surface area contributed by atoms with Crippen LogP contribution < -0.4 is 5.32 Å². The standard InChI is InChI=1S/C12H18ClNO2S/c1-2-10(15)5-6-14-12(16)4-3-11-7-9(13)8-17-11/h7-8,10,15H,2-6H2,1H3,(H,14,16). The van der Waals surface area contributed by atoms with Crippen LogP contribution in [0, 0.1) is 0 Å². The zero-order valence-corrected chi connectivity index (χ0v) is 11.5. The minimum absolute atomic E-state index is 0.0258. The number of nitrogens with one attached hydrogen (secondary N) is 1. The average Bonchev–Trinajstić information content (AvgIpc) is 2.72. The van der Waals surface area contributed by atoms with E-state index in [2.05, 4.69) is 5.32 Å². The van der Waals surface area contributed by atoms with E-state index in [-0.39, 0.29) is 12.0 Å². The maximum absolute atomic E-state index is 11.5. The smallest absolute Gasteiger partial charge is 0.220 e. The first-order valence-electron chi connectivity index (χ1n) is 5.79. The van der Waals surface area contributed by atoms with Crippen molar-refractivity contribution in [2.45, 2.75) is 38.7 Å². The van der Waals surface area contributed by atoms with Gasteiger partial charge in [-0.05, 0) is 25.3 Å². The molecule has 3 nitrogen and oxygen atoms in total. The van der Waals surface area contributed by atoms with Gasteiger partial charge in [0.25, 0.3) is 0 Å². The number of aliphatic hydroxyl groups excluding tert-OH is 1. The fraction of sp³-hybridized carbons (Fsp3) is 0.583. The van der Waals surface area contributed by atoms with Crippen LogP contribution in [-0.4, -0.2) is 23.7 Å². The highest BCUT2D eigenvalue weighted by Gasteiger charge is 2.05. The first-order chi connectivity index (χ1) is 8.11. The van der Waals surface area contributed by atoms with Gasteiger partial charge < -0.3 is 10.4 Å². The third-order valence-corrected chi connectivity index (χ3v) is 3.84. The van der Waals surface area contributed by atoms with Crippen LogP contribution in [0.15, 0.2) is 11.4 Å². The molecule has 0 radical (unpaired) electrons. The first-order valence-corrected chi connectivity index (χ1v) is 7.05. The highest BCUT2D eigenvalue weighted by molar-refractivity contribution is 7.10. The number of carbonyl (C=O) groups excluding carboxylic acids is 1. The molecule has 1 heterocycles. The minimum Gasteiger partial charge on any atom is -0.393 e. The Labute approximate surface area is 111 Å². The molecule has 0 bridgehead atoms. The number of hydrogen-bond donors (Lipinski definition) is 2. The first kappa shape index (κ1) is 14.5. The van der Waals surface area contributed by atoms with E-state index in [1.165, 1.54) is 0 Å². The molecule has 1 atom stereocenters. The van der Waals surface area contributed by atoms with Crippen LogP contribution >= 0.6 is 22.9 Å². The highest BCUT2D eigenvalue weighted by atomic mass is 35.5. The number of rotatable bonds is 7. The van der Waals surface area contributed by atoms with Gasteiger partial charge in [-0.2, -0.15) is 0 Å². The van der Waals surface area contributed by atoms with Gasteiger partial charge in [-0.3, -0.25) is 4.79 Å². The topological polar surface area (TPSA) is 49.3 Å². The van der Waals surface area contributed by atoms with Gasteiger partial charge in [0.05, 0.1) is 11.1 Å². The normalized spacial score (nSPS) is 12.4. The van der Waals surface area contributed by atoms with Gasteiger partial charge >= 0.3 is 0 Å². The van der Waals surface area contributed by atoms with E-state index in [1.54, 1.807) is 11.3 Å². The van der Waals surface area contributed by atoms with Gasteiger partial charge in [0.2, 0.25) is 5.91 Å². The third kappa shape index (κ3) is 6.05. The maximum atomic E-state index is 11.5. The van der Waals surface area contributed by atoms with E-state index in [0.29, 0.717) is 19.4 Å². The van der Waals surface area contributed by atoms with Gasteiger partial charge in [0.15, 0.2) is 0 Å². The molecule has 0 aliphatic carbocycles. The summed E-state index contributed by atoms with van der Waals surface area (Å²) in [5, 5.41) is 14.7. The van der Waals surface area contributed by atoms with Gasteiger partial charge in [-0.1, -0.05) is 18.5 Å². The van der Waals surface area contributed by atoms with Crippen molar-refractivity contribution < 1.29 is 9.90 Å². The Morgan fingerprint density at radius 1 is 1.65 bits per heavy atom. The van der Waals surface area contributed by atoms with E-state index >= 15 is 0 Å². The molecule has 0 aromatic carbocycles. The summed E-state index contributed by atoms with van der Waals surface area (Å²) in [6.07, 6.45) is 2.22. The van der Waals surface area contributed by atoms with E-state index < -0.39 is 0 Å². The molecule has 2 N–H and O–H groups in total. The average molecular weight is 276 g/mol. The number of hydrogen-bond acceptors (Lipinski definition) is 3. The molecule has 17 heavy (non-hydrogen) atoms. The summed E-state index contributed by atoms with van der Waals surface area (Å²) in [7, 11) is 0. The molecular formula is C12H18ClNO2S. The Bertz CT molecular complexity index is 354. The molecule has 1 rings (SSSR count). The molecule has 1 unspecified atom stereocenters. The van der Waals surface area contributed by atoms with Gasteiger partial charge in [0.1, 0.15) is 0 Å². The van der Waals surface area contributed by atoms with Crippen LogP contribution in [0.5, 0.6) is 0 Å². The molecule has 0 saturated carbocycles. The quantitative estimate of drug-likeness (QED) is 0.804. The van der Waals surface area contributed by atoms with Crippen LogP contribution in [0.1, 0.15) is 31.1 Å². The molecule has 0 fully saturated rings. The summed E-state index contributed by atoms with van der Waals surface area (Å²) in [6, 6.07) is 1.89. The number of aryl methyl sites for hydroxylation is 1. The molecule has 0 aliphatic heterocycles. The Morgan fingerprint density at radius 3 is 3.00 bits per heavy atom. The lowest BCUT2D eigenvalue weighted by Crippen LogP contribution is -2.27. The lowest BCUT2D eigenvalue weighted by atomic mass is 10.2. The van der Waals surface area contributed by atoms with E-state index in [0.717, 1.165) is 22.7 Å². The van der Waals surface area contributed by atoms with Gasteiger partial charge in [0, 0.05) is 23.2 Å². The number of carbonyl (C=O) groups is 1. The van der Waals surface area contributed by atoms with Crippen molar-refractivity contribution in [2.24, 2.45) is 0 Å². The predicted molar refractivity (Wildman–Crippen MR) is 71.6 cm³/mol. The molecule has 1 amide bonds. The SMILES string of the molecule is CCC(O)CCNC(=O)CCc1cc(Cl)cs1. The number of thiophene rings is 1. The summed E-state index contributed by atoms with van der Waals surface area (Å²) in [5.74, 6) is 0.0258. The molecule has 1 aromatic rings. The zero-order valence-electron chi connectivity index (χ0n) is 9.91. The largest absolute Gasteiger partial charge is 0.393 e. The van der Waals surface area contributed by atoms with Gasteiger partial charge in [-0.25, -0.2) is 0 Å². The van der Waals surface area contributed by atoms with Crippen molar-refractivity contribution in [3.05, 3.63) is 21.3 Å². The minimum atomic E-state index is -0.314. The third-order valence-electron chi connectivity index (χ3n) is 2.49. The van der Waals surface area contributed by atoms with E-state index in [1.807, 2.05) is 18.4 Å². The Kier molecular flexibility index (Phi) is 6.55. The summed E-state index contributed by atoms with van der Waals surface area (Å²) < 4.78 is 0. The Morgan fingerprint density at radius 2 is 2.41 bits per heavy atom. The van der Waals surface area contributed by atoms with Gasteiger partial charge in [-0.15, -0.1) is 11.3 Å². The van der Waals surface area contributed by atoms with Crippen molar-refractivity contribution in [1.82, 2.24) is 5.32 Å². The van der Waals surface area contributed by atoms with Crippen molar-refractivity contribution in [3.8, 4) is 0 Å². The highest BCUT2D eigenvalue weighted by Crippen LogP contribution is 2.20. The fourth-order valence-electron chi connectivity index (χ4n) is 1.39. The van der Waals surface area contributed by atoms with Crippen molar-refractivity contribution in [3.63, 3.8) is 0 Å². The van der Waals surface area contributed by atoms with Crippen molar-refractivity contribution in [1.29, 1.82) is 0 Å². The Hall–Kier alpha value is -0.580. The van der Waals surface area contributed by atoms with Crippen molar-refractivity contribution >= 4 is 28.8 Å². The summed E-state index contributed by atoms with van der Waals surface area (Å²) >= 11 is 7.36. The second-order valence-corrected chi connectivity index (χ2v) is 5.36. The van der Waals surface area contributed by atoms with Crippen molar-refractivity contribution in [2.75, 3.05) is 6.54 Å². The lowest BCUT2D eigenvalue weighted by Gasteiger charge is -2.08. The molecule has 0 aliphatic rings. The van der Waals surface area contributed by atoms with Crippen LogP contribution in [0.25, 0.3) is 0 Å². The second kappa shape index (κ2) is 7.69. The lowest BCUT2D eigenvalue weighted by molar-refractivity contribution is -0.121. The van der Waals surface area contributed by atoms with Crippen LogP contribution in [0.3, 0.4) is 0 Å². The summed E-state index contributed by atoms with van der Waals surface area (Å²) in [6.45, 7) is 2.46. The summed E-state index contributed by atoms with van der Waals surface area (Å²) in [4.78, 5) is 12.6. The Balaban J connectivity index is 2.13. The molecule has 96 valence electrons. The molecule has 1 aromatic heterocycles. The fourth-order valence-corrected chi connectivity index (χ4v) is 2.47. The maximum Gasteiger partial charge on any atom is 0.220 e. The second-order valence-electron chi connectivity index (χ2n) is 3.93. The monoisotopic (exact) mass is 275 g/mol. The van der Waals surface area contributed by atoms with Crippen LogP contribution in [0.2, 0.25) is 5.02 Å². The molecule has 0 spiro atoms. The molecule has 5 heteroatoms. The summed E-state index contributed by atoms with van der Waals surface area (Å²) in [5.41, 5.74) is 0. The van der Waals surface area contributed by atoms with E-state index in [4.69, 9.17) is 11.6 Å². The van der Waals surface area contributed by atoms with Crippen LogP contribution in [-0.2, 0) is 11.2 Å². The zero-order chi connectivity index (χ0) is 12.7. The number of aliphatic hydroxyl groups is 1.